The highest BCUT2D eigenvalue weighted by atomic mass is 35.5. The van der Waals surface area contributed by atoms with Gasteiger partial charge in [-0.15, -0.1) is 0 Å². The van der Waals surface area contributed by atoms with E-state index in [9.17, 15) is 0 Å². The van der Waals surface area contributed by atoms with Gasteiger partial charge >= 0.3 is 0 Å². The highest BCUT2D eigenvalue weighted by molar-refractivity contribution is 6.31. The van der Waals surface area contributed by atoms with E-state index in [1.54, 1.807) is 13.3 Å². The molecule has 0 radical (unpaired) electrons. The Morgan fingerprint density at radius 1 is 1.45 bits per heavy atom. The van der Waals surface area contributed by atoms with Gasteiger partial charge in [-0.25, -0.2) is 0 Å². The van der Waals surface area contributed by atoms with Gasteiger partial charge in [-0.1, -0.05) is 17.7 Å². The van der Waals surface area contributed by atoms with Crippen LogP contribution in [0.3, 0.4) is 0 Å². The number of hydrogen-bond donors (Lipinski definition) is 1. The van der Waals surface area contributed by atoms with E-state index in [-0.39, 0.29) is 0 Å². The molecule has 1 aromatic heterocycles. The van der Waals surface area contributed by atoms with Gasteiger partial charge in [0.05, 0.1) is 30.6 Å². The Balaban J connectivity index is 2.35. The van der Waals surface area contributed by atoms with Crippen LogP contribution in [0.2, 0.25) is 5.02 Å². The monoisotopic (exact) mass is 293 g/mol. The van der Waals surface area contributed by atoms with E-state index in [4.69, 9.17) is 16.3 Å². The molecule has 0 bridgehead atoms. The molecule has 2 aromatic rings. The molecule has 1 heterocycles. The Hall–Kier alpha value is -1.52. The summed E-state index contributed by atoms with van der Waals surface area (Å²) in [6.45, 7) is 4.73. The number of nitrogens with zero attached hydrogens (tertiary/aromatic N) is 2. The van der Waals surface area contributed by atoms with E-state index >= 15 is 0 Å². The van der Waals surface area contributed by atoms with E-state index < -0.39 is 0 Å². The second kappa shape index (κ2) is 6.29. The maximum atomic E-state index is 6.05. The molecule has 2 rings (SSSR count). The summed E-state index contributed by atoms with van der Waals surface area (Å²) in [5.74, 6) is 0.864. The number of halogens is 1. The molecule has 0 saturated carbocycles. The molecule has 5 heteroatoms. The van der Waals surface area contributed by atoms with Crippen molar-refractivity contribution in [2.45, 2.75) is 26.4 Å². The fraction of sp³-hybridized carbons (Fsp3) is 0.400. The average Bonchev–Trinajstić information content (AvgIpc) is 2.78. The zero-order valence-corrected chi connectivity index (χ0v) is 13.0. The molecule has 4 nitrogen and oxygen atoms in total. The van der Waals surface area contributed by atoms with Crippen LogP contribution in [0.15, 0.2) is 24.4 Å². The maximum absolute atomic E-state index is 6.05. The van der Waals surface area contributed by atoms with Crippen molar-refractivity contribution in [1.29, 1.82) is 0 Å². The standard InChI is InChI=1S/C15H20ClN3O/c1-10(17-3)12-5-6-15(20-4)13(7-12)9-19-11(2)14(16)8-18-19/h5-8,10,17H,9H2,1-4H3. The van der Waals surface area contributed by atoms with E-state index in [0.29, 0.717) is 17.6 Å². The first-order valence-corrected chi connectivity index (χ1v) is 6.96. The lowest BCUT2D eigenvalue weighted by Gasteiger charge is -2.15. The lowest BCUT2D eigenvalue weighted by Crippen LogP contribution is -2.13. The summed E-state index contributed by atoms with van der Waals surface area (Å²) in [6.07, 6.45) is 1.67. The maximum Gasteiger partial charge on any atom is 0.123 e. The predicted molar refractivity (Wildman–Crippen MR) is 81.5 cm³/mol. The number of aromatic nitrogens is 2. The van der Waals surface area contributed by atoms with Gasteiger partial charge in [0.2, 0.25) is 0 Å². The summed E-state index contributed by atoms with van der Waals surface area (Å²) in [5.41, 5.74) is 3.27. The summed E-state index contributed by atoms with van der Waals surface area (Å²) >= 11 is 6.05. The number of benzene rings is 1. The Kier molecular flexibility index (Phi) is 4.68. The second-order valence-corrected chi connectivity index (χ2v) is 5.22. The predicted octanol–water partition coefficient (Wildman–Crippen LogP) is 3.18. The van der Waals surface area contributed by atoms with E-state index in [0.717, 1.165) is 17.0 Å². The van der Waals surface area contributed by atoms with Crippen LogP contribution in [0.1, 0.15) is 29.8 Å². The first kappa shape index (κ1) is 14.9. The summed E-state index contributed by atoms with van der Waals surface area (Å²) in [7, 11) is 3.63. The third kappa shape index (κ3) is 2.97. The molecule has 1 atom stereocenters. The lowest BCUT2D eigenvalue weighted by atomic mass is 10.0. The fourth-order valence-electron chi connectivity index (χ4n) is 2.10. The number of ether oxygens (including phenoxy) is 1. The molecule has 0 saturated heterocycles. The molecule has 0 aliphatic carbocycles. The third-order valence-corrected chi connectivity index (χ3v) is 3.97. The van der Waals surface area contributed by atoms with Crippen molar-refractivity contribution >= 4 is 11.6 Å². The molecule has 1 N–H and O–H groups in total. The second-order valence-electron chi connectivity index (χ2n) is 4.82. The van der Waals surface area contributed by atoms with Gasteiger partial charge < -0.3 is 10.1 Å². The Labute approximate surface area is 124 Å². The van der Waals surface area contributed by atoms with Crippen molar-refractivity contribution in [2.24, 2.45) is 0 Å². The van der Waals surface area contributed by atoms with Crippen molar-refractivity contribution in [2.75, 3.05) is 14.2 Å². The smallest absolute Gasteiger partial charge is 0.123 e. The summed E-state index contributed by atoms with van der Waals surface area (Å²) < 4.78 is 7.32. The van der Waals surface area contributed by atoms with Crippen molar-refractivity contribution in [3.05, 3.63) is 46.2 Å². The SMILES string of the molecule is CNC(C)c1ccc(OC)c(Cn2ncc(Cl)c2C)c1. The van der Waals surface area contributed by atoms with Crippen LogP contribution in [0.5, 0.6) is 5.75 Å². The van der Waals surface area contributed by atoms with E-state index in [1.807, 2.05) is 24.7 Å². The minimum absolute atomic E-state index is 0.293. The molecular weight excluding hydrogens is 274 g/mol. The minimum Gasteiger partial charge on any atom is -0.496 e. The molecule has 20 heavy (non-hydrogen) atoms. The zero-order valence-electron chi connectivity index (χ0n) is 12.3. The normalized spacial score (nSPS) is 12.4. The van der Waals surface area contributed by atoms with Crippen LogP contribution in [0.25, 0.3) is 0 Å². The third-order valence-electron chi connectivity index (χ3n) is 3.60. The zero-order chi connectivity index (χ0) is 14.7. The molecule has 108 valence electrons. The first-order valence-electron chi connectivity index (χ1n) is 6.58. The Morgan fingerprint density at radius 3 is 2.75 bits per heavy atom. The lowest BCUT2D eigenvalue weighted by molar-refractivity contribution is 0.406. The van der Waals surface area contributed by atoms with Crippen LogP contribution in [-0.4, -0.2) is 23.9 Å². The van der Waals surface area contributed by atoms with E-state index in [1.165, 1.54) is 5.56 Å². The van der Waals surface area contributed by atoms with Crippen molar-refractivity contribution in [3.63, 3.8) is 0 Å². The van der Waals surface area contributed by atoms with Crippen LogP contribution in [0.4, 0.5) is 0 Å². The molecule has 1 unspecified atom stereocenters. The Bertz CT molecular complexity index is 595. The molecule has 0 amide bonds. The van der Waals surface area contributed by atoms with Gasteiger partial charge in [0.1, 0.15) is 5.75 Å². The summed E-state index contributed by atoms with van der Waals surface area (Å²) in [4.78, 5) is 0. The number of hydrogen-bond acceptors (Lipinski definition) is 3. The Morgan fingerprint density at radius 2 is 2.20 bits per heavy atom. The van der Waals surface area contributed by atoms with Crippen LogP contribution in [-0.2, 0) is 6.54 Å². The highest BCUT2D eigenvalue weighted by Gasteiger charge is 2.11. The first-order chi connectivity index (χ1) is 9.56. The number of nitrogens with one attached hydrogen (secondary N) is 1. The van der Waals surface area contributed by atoms with Crippen molar-refractivity contribution in [1.82, 2.24) is 15.1 Å². The van der Waals surface area contributed by atoms with E-state index in [2.05, 4.69) is 29.5 Å². The highest BCUT2D eigenvalue weighted by Crippen LogP contribution is 2.25. The molecule has 0 spiro atoms. The minimum atomic E-state index is 0.293. The van der Waals surface area contributed by atoms with Crippen molar-refractivity contribution in [3.8, 4) is 5.75 Å². The summed E-state index contributed by atoms with van der Waals surface area (Å²) in [6, 6.07) is 6.52. The molecule has 0 fully saturated rings. The molecular formula is C15H20ClN3O. The number of rotatable bonds is 5. The van der Waals surface area contributed by atoms with Gasteiger partial charge in [0.15, 0.2) is 0 Å². The van der Waals surface area contributed by atoms with Crippen molar-refractivity contribution < 1.29 is 4.74 Å². The van der Waals surface area contributed by atoms with Gasteiger partial charge in [-0.05, 0) is 38.6 Å². The molecule has 1 aromatic carbocycles. The fourth-order valence-corrected chi connectivity index (χ4v) is 2.24. The quantitative estimate of drug-likeness (QED) is 0.920. The average molecular weight is 294 g/mol. The van der Waals surface area contributed by atoms with Gasteiger partial charge in [0.25, 0.3) is 0 Å². The number of methoxy groups -OCH3 is 1. The van der Waals surface area contributed by atoms with Gasteiger partial charge in [-0.3, -0.25) is 4.68 Å². The van der Waals surface area contributed by atoms with Crippen LogP contribution < -0.4 is 10.1 Å². The van der Waals surface area contributed by atoms with Crippen LogP contribution >= 0.6 is 11.6 Å². The van der Waals surface area contributed by atoms with Gasteiger partial charge in [0, 0.05) is 11.6 Å². The molecule has 0 aliphatic heterocycles. The van der Waals surface area contributed by atoms with Gasteiger partial charge in [-0.2, -0.15) is 5.10 Å². The molecule has 0 aliphatic rings. The summed E-state index contributed by atoms with van der Waals surface area (Å²) in [5, 5.41) is 8.22. The topological polar surface area (TPSA) is 39.1 Å². The largest absolute Gasteiger partial charge is 0.496 e. The van der Waals surface area contributed by atoms with Crippen LogP contribution in [0, 0.1) is 6.92 Å².